The lowest BCUT2D eigenvalue weighted by Crippen LogP contribution is -2.32. The van der Waals surface area contributed by atoms with Gasteiger partial charge in [0.15, 0.2) is 0 Å². The maximum atomic E-state index is 13.3. The van der Waals surface area contributed by atoms with Crippen LogP contribution >= 0.6 is 0 Å². The fourth-order valence-corrected chi connectivity index (χ4v) is 3.27. The molecule has 7 heteroatoms. The van der Waals surface area contributed by atoms with E-state index < -0.39 is 27.4 Å². The van der Waals surface area contributed by atoms with Gasteiger partial charge >= 0.3 is 5.97 Å². The normalized spacial score (nSPS) is 11.8. The van der Waals surface area contributed by atoms with Gasteiger partial charge < -0.3 is 5.11 Å². The zero-order chi connectivity index (χ0) is 15.3. The number of nitrogens with zero attached hydrogens (tertiary/aromatic N) is 1. The van der Waals surface area contributed by atoms with Gasteiger partial charge in [0, 0.05) is 13.1 Å². The predicted molar refractivity (Wildman–Crippen MR) is 72.7 cm³/mol. The van der Waals surface area contributed by atoms with E-state index in [1.54, 1.807) is 6.92 Å². The lowest BCUT2D eigenvalue weighted by atomic mass is 10.2. The van der Waals surface area contributed by atoms with Gasteiger partial charge in [-0.3, -0.25) is 0 Å². The number of carboxylic acid groups (broad SMARTS) is 1. The van der Waals surface area contributed by atoms with Crippen LogP contribution in [0.15, 0.2) is 23.1 Å². The van der Waals surface area contributed by atoms with Crippen LogP contribution in [-0.4, -0.2) is 36.9 Å². The molecule has 1 aromatic carbocycles. The highest BCUT2D eigenvalue weighted by molar-refractivity contribution is 7.89. The van der Waals surface area contributed by atoms with Crippen molar-refractivity contribution in [3.05, 3.63) is 29.6 Å². The largest absolute Gasteiger partial charge is 0.478 e. The molecule has 1 aromatic rings. The molecule has 5 nitrogen and oxygen atoms in total. The average molecular weight is 303 g/mol. The Hall–Kier alpha value is -1.47. The molecule has 0 fully saturated rings. The molecule has 20 heavy (non-hydrogen) atoms. The van der Waals surface area contributed by atoms with Crippen molar-refractivity contribution in [2.75, 3.05) is 13.1 Å². The summed E-state index contributed by atoms with van der Waals surface area (Å²) in [5.74, 6) is -2.44. The number of carbonyl (C=O) groups is 1. The Morgan fingerprint density at radius 3 is 2.50 bits per heavy atom. The standard InChI is InChI=1S/C13H18FNO4S/c1-3-5-8-15(4-2)20(18,19)10-6-7-12(14)11(9-10)13(16)17/h6-7,9H,3-5,8H2,1-2H3,(H,16,17). The summed E-state index contributed by atoms with van der Waals surface area (Å²) in [6, 6.07) is 2.82. The minimum Gasteiger partial charge on any atom is -0.478 e. The molecule has 112 valence electrons. The van der Waals surface area contributed by atoms with Crippen LogP contribution in [0.5, 0.6) is 0 Å². The van der Waals surface area contributed by atoms with Gasteiger partial charge in [0.25, 0.3) is 0 Å². The summed E-state index contributed by atoms with van der Waals surface area (Å²) in [5, 5.41) is 8.84. The summed E-state index contributed by atoms with van der Waals surface area (Å²) in [4.78, 5) is 10.7. The van der Waals surface area contributed by atoms with Gasteiger partial charge in [0.05, 0.1) is 10.5 Å². The van der Waals surface area contributed by atoms with Crippen LogP contribution in [0.3, 0.4) is 0 Å². The molecular weight excluding hydrogens is 285 g/mol. The number of aromatic carboxylic acids is 1. The molecule has 0 aliphatic rings. The lowest BCUT2D eigenvalue weighted by molar-refractivity contribution is 0.0691. The summed E-state index contributed by atoms with van der Waals surface area (Å²) in [6.07, 6.45) is 1.55. The van der Waals surface area contributed by atoms with Crippen molar-refractivity contribution < 1.29 is 22.7 Å². The first-order valence-electron chi connectivity index (χ1n) is 6.37. The topological polar surface area (TPSA) is 74.7 Å². The van der Waals surface area contributed by atoms with Crippen LogP contribution in [-0.2, 0) is 10.0 Å². The fraction of sp³-hybridized carbons (Fsp3) is 0.462. The first kappa shape index (κ1) is 16.6. The van der Waals surface area contributed by atoms with Crippen molar-refractivity contribution in [1.82, 2.24) is 4.31 Å². The second-order valence-corrected chi connectivity index (χ2v) is 6.24. The van der Waals surface area contributed by atoms with Crippen molar-refractivity contribution in [3.8, 4) is 0 Å². The van der Waals surface area contributed by atoms with Crippen molar-refractivity contribution >= 4 is 16.0 Å². The molecule has 0 aromatic heterocycles. The lowest BCUT2D eigenvalue weighted by Gasteiger charge is -2.20. The summed E-state index contributed by atoms with van der Waals surface area (Å²) in [6.45, 7) is 4.28. The Labute approximate surface area is 118 Å². The van der Waals surface area contributed by atoms with E-state index in [0.29, 0.717) is 13.0 Å². The summed E-state index contributed by atoms with van der Waals surface area (Å²) in [5.41, 5.74) is -0.641. The van der Waals surface area contributed by atoms with Crippen molar-refractivity contribution in [2.45, 2.75) is 31.6 Å². The van der Waals surface area contributed by atoms with Gasteiger partial charge in [-0.1, -0.05) is 20.3 Å². The number of unbranched alkanes of at least 4 members (excludes halogenated alkanes) is 1. The second kappa shape index (κ2) is 6.81. The summed E-state index contributed by atoms with van der Waals surface area (Å²) in [7, 11) is -3.79. The molecule has 0 aliphatic carbocycles. The highest BCUT2D eigenvalue weighted by Crippen LogP contribution is 2.19. The van der Waals surface area contributed by atoms with Crippen LogP contribution < -0.4 is 0 Å². The Morgan fingerprint density at radius 1 is 1.35 bits per heavy atom. The molecule has 1 N–H and O–H groups in total. The molecular formula is C13H18FNO4S. The van der Waals surface area contributed by atoms with Crippen LogP contribution in [0.2, 0.25) is 0 Å². The Balaban J connectivity index is 3.20. The summed E-state index contributed by atoms with van der Waals surface area (Å²) >= 11 is 0. The van der Waals surface area contributed by atoms with Gasteiger partial charge in [-0.05, 0) is 24.6 Å². The average Bonchev–Trinajstić information content (AvgIpc) is 2.39. The first-order chi connectivity index (χ1) is 9.34. The predicted octanol–water partition coefficient (Wildman–Crippen LogP) is 2.33. The van der Waals surface area contributed by atoms with E-state index in [4.69, 9.17) is 5.11 Å². The highest BCUT2D eigenvalue weighted by Gasteiger charge is 2.24. The van der Waals surface area contributed by atoms with Crippen molar-refractivity contribution in [2.24, 2.45) is 0 Å². The number of halogens is 1. The molecule has 0 amide bonds. The van der Waals surface area contributed by atoms with Crippen LogP contribution in [0.4, 0.5) is 4.39 Å². The van der Waals surface area contributed by atoms with Crippen molar-refractivity contribution in [1.29, 1.82) is 0 Å². The van der Waals surface area contributed by atoms with E-state index in [1.807, 2.05) is 6.92 Å². The SMILES string of the molecule is CCCCN(CC)S(=O)(=O)c1ccc(F)c(C(=O)O)c1. The molecule has 0 aliphatic heterocycles. The third kappa shape index (κ3) is 3.55. The first-order valence-corrected chi connectivity index (χ1v) is 7.81. The number of hydrogen-bond donors (Lipinski definition) is 1. The molecule has 1 rings (SSSR count). The quantitative estimate of drug-likeness (QED) is 0.839. The minimum absolute atomic E-state index is 0.200. The third-order valence-electron chi connectivity index (χ3n) is 2.92. The van der Waals surface area contributed by atoms with Gasteiger partial charge in [0.2, 0.25) is 10.0 Å². The van der Waals surface area contributed by atoms with Crippen LogP contribution in [0.25, 0.3) is 0 Å². The number of carboxylic acids is 1. The molecule has 0 heterocycles. The van der Waals surface area contributed by atoms with Crippen molar-refractivity contribution in [3.63, 3.8) is 0 Å². The van der Waals surface area contributed by atoms with E-state index in [0.717, 1.165) is 24.6 Å². The minimum atomic E-state index is -3.79. The molecule has 0 radical (unpaired) electrons. The number of hydrogen-bond acceptors (Lipinski definition) is 3. The third-order valence-corrected chi connectivity index (χ3v) is 4.89. The molecule has 0 saturated heterocycles. The van der Waals surface area contributed by atoms with Gasteiger partial charge in [0.1, 0.15) is 5.82 Å². The van der Waals surface area contributed by atoms with E-state index in [9.17, 15) is 17.6 Å². The Morgan fingerprint density at radius 2 is 2.00 bits per heavy atom. The highest BCUT2D eigenvalue weighted by atomic mass is 32.2. The molecule has 0 unspecified atom stereocenters. The number of sulfonamides is 1. The molecule has 0 bridgehead atoms. The van der Waals surface area contributed by atoms with E-state index in [2.05, 4.69) is 0 Å². The Kier molecular flexibility index (Phi) is 5.64. The maximum absolute atomic E-state index is 13.3. The maximum Gasteiger partial charge on any atom is 0.338 e. The Bertz CT molecular complexity index is 586. The van der Waals surface area contributed by atoms with Crippen LogP contribution in [0.1, 0.15) is 37.0 Å². The molecule has 0 saturated carbocycles. The fourth-order valence-electron chi connectivity index (χ4n) is 1.76. The molecule has 0 spiro atoms. The van der Waals surface area contributed by atoms with E-state index in [1.165, 1.54) is 4.31 Å². The van der Waals surface area contributed by atoms with E-state index in [-0.39, 0.29) is 11.4 Å². The smallest absolute Gasteiger partial charge is 0.338 e. The van der Waals surface area contributed by atoms with Gasteiger partial charge in [-0.15, -0.1) is 0 Å². The monoisotopic (exact) mass is 303 g/mol. The van der Waals surface area contributed by atoms with E-state index >= 15 is 0 Å². The van der Waals surface area contributed by atoms with Crippen LogP contribution in [0, 0.1) is 5.82 Å². The zero-order valence-electron chi connectivity index (χ0n) is 11.5. The second-order valence-electron chi connectivity index (χ2n) is 4.30. The molecule has 0 atom stereocenters. The van der Waals surface area contributed by atoms with Gasteiger partial charge in [-0.2, -0.15) is 4.31 Å². The summed E-state index contributed by atoms with van der Waals surface area (Å²) < 4.78 is 39.3. The number of benzene rings is 1. The zero-order valence-corrected chi connectivity index (χ0v) is 12.3. The number of rotatable bonds is 7. The van der Waals surface area contributed by atoms with Gasteiger partial charge in [-0.25, -0.2) is 17.6 Å².